The van der Waals surface area contributed by atoms with Crippen LogP contribution in [0.25, 0.3) is 11.3 Å². The standard InChI is InChI=1S/C15H17N3/c1-11-2-4-12(5-3-11)13-6-9-17-14(18-13)15(10-16)7-8-15/h2-6,9H,7-8,10,16H2,1H3. The maximum absolute atomic E-state index is 5.83. The van der Waals surface area contributed by atoms with Crippen molar-refractivity contribution in [3.8, 4) is 11.3 Å². The van der Waals surface area contributed by atoms with E-state index in [2.05, 4.69) is 41.2 Å². The van der Waals surface area contributed by atoms with Gasteiger partial charge in [0.05, 0.1) is 5.69 Å². The van der Waals surface area contributed by atoms with Crippen molar-refractivity contribution in [3.63, 3.8) is 0 Å². The van der Waals surface area contributed by atoms with Gasteiger partial charge in [-0.25, -0.2) is 9.97 Å². The molecule has 1 heterocycles. The van der Waals surface area contributed by atoms with Crippen molar-refractivity contribution in [1.82, 2.24) is 9.97 Å². The molecule has 2 aromatic rings. The van der Waals surface area contributed by atoms with E-state index in [1.165, 1.54) is 5.56 Å². The second-order valence-electron chi connectivity index (χ2n) is 5.12. The topological polar surface area (TPSA) is 51.8 Å². The first-order valence-corrected chi connectivity index (χ1v) is 6.34. The molecule has 1 saturated carbocycles. The Hall–Kier alpha value is -1.74. The monoisotopic (exact) mass is 239 g/mol. The van der Waals surface area contributed by atoms with Gasteiger partial charge in [0, 0.05) is 23.7 Å². The highest BCUT2D eigenvalue weighted by Gasteiger charge is 2.45. The second kappa shape index (κ2) is 4.18. The second-order valence-corrected chi connectivity index (χ2v) is 5.12. The van der Waals surface area contributed by atoms with E-state index < -0.39 is 0 Å². The molecule has 1 aromatic carbocycles. The third-order valence-corrected chi connectivity index (χ3v) is 3.72. The van der Waals surface area contributed by atoms with Crippen LogP contribution in [0.15, 0.2) is 36.5 Å². The van der Waals surface area contributed by atoms with E-state index in [9.17, 15) is 0 Å². The SMILES string of the molecule is Cc1ccc(-c2ccnc(C3(CN)CC3)n2)cc1. The lowest BCUT2D eigenvalue weighted by Crippen LogP contribution is -2.22. The number of hydrogen-bond donors (Lipinski definition) is 1. The van der Waals surface area contributed by atoms with Gasteiger partial charge in [-0.2, -0.15) is 0 Å². The molecule has 2 N–H and O–H groups in total. The van der Waals surface area contributed by atoms with Gasteiger partial charge in [-0.3, -0.25) is 0 Å². The molecule has 0 radical (unpaired) electrons. The Morgan fingerprint density at radius 3 is 2.50 bits per heavy atom. The lowest BCUT2D eigenvalue weighted by molar-refractivity contribution is 0.649. The van der Waals surface area contributed by atoms with Crippen LogP contribution in [0, 0.1) is 6.92 Å². The zero-order valence-electron chi connectivity index (χ0n) is 10.6. The normalized spacial score (nSPS) is 16.6. The molecule has 3 rings (SSSR count). The molecule has 0 aliphatic heterocycles. The van der Waals surface area contributed by atoms with Gasteiger partial charge >= 0.3 is 0 Å². The van der Waals surface area contributed by atoms with Gasteiger partial charge in [0.15, 0.2) is 0 Å². The van der Waals surface area contributed by atoms with E-state index in [1.54, 1.807) is 0 Å². The first-order chi connectivity index (χ1) is 8.73. The fourth-order valence-electron chi connectivity index (χ4n) is 2.17. The summed E-state index contributed by atoms with van der Waals surface area (Å²) in [7, 11) is 0. The summed E-state index contributed by atoms with van der Waals surface area (Å²) in [5.74, 6) is 0.906. The van der Waals surface area contributed by atoms with E-state index in [0.29, 0.717) is 6.54 Å². The molecule has 0 bridgehead atoms. The fraction of sp³-hybridized carbons (Fsp3) is 0.333. The number of benzene rings is 1. The average molecular weight is 239 g/mol. The maximum Gasteiger partial charge on any atom is 0.136 e. The molecule has 1 fully saturated rings. The molecular weight excluding hydrogens is 222 g/mol. The molecule has 1 aliphatic carbocycles. The lowest BCUT2D eigenvalue weighted by Gasteiger charge is -2.11. The molecule has 92 valence electrons. The minimum atomic E-state index is 0.0563. The molecule has 3 nitrogen and oxygen atoms in total. The Morgan fingerprint density at radius 1 is 1.17 bits per heavy atom. The minimum Gasteiger partial charge on any atom is -0.329 e. The summed E-state index contributed by atoms with van der Waals surface area (Å²) in [6.45, 7) is 2.73. The van der Waals surface area contributed by atoms with Gasteiger partial charge in [-0.1, -0.05) is 29.8 Å². The maximum atomic E-state index is 5.83. The van der Waals surface area contributed by atoms with Crippen LogP contribution in [0.2, 0.25) is 0 Å². The van der Waals surface area contributed by atoms with Crippen molar-refractivity contribution >= 4 is 0 Å². The third-order valence-electron chi connectivity index (χ3n) is 3.72. The summed E-state index contributed by atoms with van der Waals surface area (Å²) in [5.41, 5.74) is 9.27. The number of nitrogens with two attached hydrogens (primary N) is 1. The number of aromatic nitrogens is 2. The van der Waals surface area contributed by atoms with Crippen LogP contribution < -0.4 is 5.73 Å². The van der Waals surface area contributed by atoms with Gasteiger partial charge in [-0.15, -0.1) is 0 Å². The number of aryl methyl sites for hydroxylation is 1. The number of hydrogen-bond acceptors (Lipinski definition) is 3. The van der Waals surface area contributed by atoms with Crippen LogP contribution in [0.5, 0.6) is 0 Å². The Kier molecular flexibility index (Phi) is 2.63. The predicted molar refractivity (Wildman–Crippen MR) is 72.2 cm³/mol. The van der Waals surface area contributed by atoms with Crippen LogP contribution in [0.4, 0.5) is 0 Å². The Bertz CT molecular complexity index is 556. The summed E-state index contributed by atoms with van der Waals surface area (Å²) in [4.78, 5) is 9.08. The van der Waals surface area contributed by atoms with Crippen LogP contribution in [-0.4, -0.2) is 16.5 Å². The summed E-state index contributed by atoms with van der Waals surface area (Å²) in [6.07, 6.45) is 4.06. The highest BCUT2D eigenvalue weighted by atomic mass is 14.9. The van der Waals surface area contributed by atoms with Crippen LogP contribution in [-0.2, 0) is 5.41 Å². The first-order valence-electron chi connectivity index (χ1n) is 6.34. The van der Waals surface area contributed by atoms with Crippen molar-refractivity contribution < 1.29 is 0 Å². The van der Waals surface area contributed by atoms with E-state index >= 15 is 0 Å². The molecule has 0 saturated heterocycles. The van der Waals surface area contributed by atoms with E-state index in [4.69, 9.17) is 5.73 Å². The van der Waals surface area contributed by atoms with Gasteiger partial charge in [-0.05, 0) is 25.8 Å². The largest absolute Gasteiger partial charge is 0.329 e. The first kappa shape index (κ1) is 11.4. The van der Waals surface area contributed by atoms with Gasteiger partial charge < -0.3 is 5.73 Å². The van der Waals surface area contributed by atoms with Crippen molar-refractivity contribution in [2.75, 3.05) is 6.54 Å². The summed E-state index contributed by atoms with van der Waals surface area (Å²) in [5, 5.41) is 0. The molecule has 0 atom stereocenters. The van der Waals surface area contributed by atoms with Crippen LogP contribution >= 0.6 is 0 Å². The molecule has 0 amide bonds. The van der Waals surface area contributed by atoms with Gasteiger partial charge in [0.1, 0.15) is 5.82 Å². The predicted octanol–water partition coefficient (Wildman–Crippen LogP) is 2.44. The van der Waals surface area contributed by atoms with Gasteiger partial charge in [0.2, 0.25) is 0 Å². The van der Waals surface area contributed by atoms with Crippen LogP contribution in [0.3, 0.4) is 0 Å². The van der Waals surface area contributed by atoms with E-state index in [0.717, 1.165) is 29.9 Å². The molecular formula is C15H17N3. The molecule has 1 aliphatic rings. The minimum absolute atomic E-state index is 0.0563. The van der Waals surface area contributed by atoms with E-state index in [-0.39, 0.29) is 5.41 Å². The van der Waals surface area contributed by atoms with Crippen molar-refractivity contribution in [2.45, 2.75) is 25.2 Å². The highest BCUT2D eigenvalue weighted by Crippen LogP contribution is 2.45. The van der Waals surface area contributed by atoms with Crippen molar-refractivity contribution in [1.29, 1.82) is 0 Å². The van der Waals surface area contributed by atoms with Crippen molar-refractivity contribution in [2.24, 2.45) is 5.73 Å². The zero-order chi connectivity index (χ0) is 12.6. The number of nitrogens with zero attached hydrogens (tertiary/aromatic N) is 2. The third kappa shape index (κ3) is 1.91. The molecule has 18 heavy (non-hydrogen) atoms. The highest BCUT2D eigenvalue weighted by molar-refractivity contribution is 5.59. The van der Waals surface area contributed by atoms with Gasteiger partial charge in [0.25, 0.3) is 0 Å². The van der Waals surface area contributed by atoms with Crippen molar-refractivity contribution in [3.05, 3.63) is 47.9 Å². The molecule has 1 aromatic heterocycles. The lowest BCUT2D eigenvalue weighted by atomic mass is 10.1. The summed E-state index contributed by atoms with van der Waals surface area (Å²) in [6, 6.07) is 10.4. The van der Waals surface area contributed by atoms with Crippen LogP contribution in [0.1, 0.15) is 24.2 Å². The summed E-state index contributed by atoms with van der Waals surface area (Å²) >= 11 is 0. The quantitative estimate of drug-likeness (QED) is 0.895. The summed E-state index contributed by atoms with van der Waals surface area (Å²) < 4.78 is 0. The Morgan fingerprint density at radius 2 is 1.89 bits per heavy atom. The smallest absolute Gasteiger partial charge is 0.136 e. The molecule has 3 heteroatoms. The zero-order valence-corrected chi connectivity index (χ0v) is 10.6. The Labute approximate surface area is 107 Å². The Balaban J connectivity index is 1.98. The fourth-order valence-corrected chi connectivity index (χ4v) is 2.17. The molecule has 0 spiro atoms. The average Bonchev–Trinajstić information content (AvgIpc) is 3.21. The molecule has 0 unspecified atom stereocenters. The van der Waals surface area contributed by atoms with E-state index in [1.807, 2.05) is 12.3 Å². The number of rotatable bonds is 3.